The first-order valence-electron chi connectivity index (χ1n) is 6.89. The fourth-order valence-electron chi connectivity index (χ4n) is 2.06. The molecule has 7 nitrogen and oxygen atoms in total. The van der Waals surface area contributed by atoms with Gasteiger partial charge in [0.15, 0.2) is 0 Å². The molecule has 0 atom stereocenters. The minimum absolute atomic E-state index is 0.0585. The monoisotopic (exact) mass is 314 g/mol. The van der Waals surface area contributed by atoms with E-state index in [1.165, 1.54) is 12.1 Å². The van der Waals surface area contributed by atoms with Gasteiger partial charge in [-0.25, -0.2) is 4.79 Å². The summed E-state index contributed by atoms with van der Waals surface area (Å²) in [5, 5.41) is 19.3. The van der Waals surface area contributed by atoms with Gasteiger partial charge in [0.25, 0.3) is 5.69 Å². The molecule has 0 aliphatic rings. The molecule has 7 heteroatoms. The lowest BCUT2D eigenvalue weighted by atomic mass is 10.0. The number of aryl methyl sites for hydroxylation is 2. The molecule has 0 fully saturated rings. The molecule has 0 amide bonds. The Labute approximate surface area is 131 Å². The second kappa shape index (κ2) is 7.26. The molecule has 0 aliphatic carbocycles. The van der Waals surface area contributed by atoms with Crippen LogP contribution in [0.3, 0.4) is 0 Å². The Morgan fingerprint density at radius 2 is 1.87 bits per heavy atom. The topological polar surface area (TPSA) is 110 Å². The SMILES string of the molecule is O=C(O)C(=O)Cc1ccc(CCc2cccc([N+](=O)[O-])c2)cn1. The lowest BCUT2D eigenvalue weighted by Gasteiger charge is -2.03. The summed E-state index contributed by atoms with van der Waals surface area (Å²) in [5.41, 5.74) is 2.21. The van der Waals surface area contributed by atoms with Crippen LogP contribution >= 0.6 is 0 Å². The zero-order valence-corrected chi connectivity index (χ0v) is 12.1. The third-order valence-electron chi connectivity index (χ3n) is 3.29. The van der Waals surface area contributed by atoms with Crippen molar-refractivity contribution in [2.75, 3.05) is 0 Å². The summed E-state index contributed by atoms with van der Waals surface area (Å²) < 4.78 is 0. The number of nitro groups is 1. The molecule has 2 rings (SSSR count). The van der Waals surface area contributed by atoms with E-state index in [1.807, 2.05) is 6.07 Å². The number of Topliss-reactive ketones (excluding diaryl/α,β-unsaturated/α-hetero) is 1. The van der Waals surface area contributed by atoms with Crippen molar-refractivity contribution in [1.82, 2.24) is 4.98 Å². The molecule has 0 saturated carbocycles. The number of aromatic nitrogens is 1. The van der Waals surface area contributed by atoms with Gasteiger partial charge in [-0.05, 0) is 30.0 Å². The van der Waals surface area contributed by atoms with Gasteiger partial charge in [0.1, 0.15) is 0 Å². The lowest BCUT2D eigenvalue weighted by molar-refractivity contribution is -0.384. The highest BCUT2D eigenvalue weighted by Gasteiger charge is 2.12. The van der Waals surface area contributed by atoms with Gasteiger partial charge in [-0.2, -0.15) is 0 Å². The first-order chi connectivity index (χ1) is 11.0. The van der Waals surface area contributed by atoms with Crippen molar-refractivity contribution in [3.63, 3.8) is 0 Å². The highest BCUT2D eigenvalue weighted by Crippen LogP contribution is 2.15. The van der Waals surface area contributed by atoms with E-state index in [0.29, 0.717) is 18.5 Å². The number of ketones is 1. The van der Waals surface area contributed by atoms with Crippen LogP contribution in [0.2, 0.25) is 0 Å². The Kier molecular flexibility index (Phi) is 5.14. The van der Waals surface area contributed by atoms with Crippen LogP contribution in [-0.4, -0.2) is 26.8 Å². The summed E-state index contributed by atoms with van der Waals surface area (Å²) >= 11 is 0. The molecular weight excluding hydrogens is 300 g/mol. The van der Waals surface area contributed by atoms with Gasteiger partial charge in [0.05, 0.1) is 11.3 Å². The maximum Gasteiger partial charge on any atom is 0.372 e. The van der Waals surface area contributed by atoms with Crippen LogP contribution in [0.1, 0.15) is 16.8 Å². The van der Waals surface area contributed by atoms with Crippen LogP contribution in [0.4, 0.5) is 5.69 Å². The van der Waals surface area contributed by atoms with E-state index in [4.69, 9.17) is 5.11 Å². The molecule has 0 spiro atoms. The molecule has 1 N–H and O–H groups in total. The molecule has 1 aromatic carbocycles. The van der Waals surface area contributed by atoms with Gasteiger partial charge in [0, 0.05) is 24.0 Å². The van der Waals surface area contributed by atoms with E-state index in [9.17, 15) is 19.7 Å². The zero-order chi connectivity index (χ0) is 16.8. The van der Waals surface area contributed by atoms with E-state index in [-0.39, 0.29) is 12.1 Å². The van der Waals surface area contributed by atoms with Crippen molar-refractivity contribution < 1.29 is 19.6 Å². The maximum atomic E-state index is 11.1. The Balaban J connectivity index is 1.96. The largest absolute Gasteiger partial charge is 0.475 e. The molecular formula is C16H14N2O5. The standard InChI is InChI=1S/C16H14N2O5/c19-15(16(20)21)9-13-7-6-12(10-17-13)5-4-11-2-1-3-14(8-11)18(22)23/h1-3,6-8,10H,4-5,9H2,(H,20,21). The highest BCUT2D eigenvalue weighted by atomic mass is 16.6. The Morgan fingerprint density at radius 3 is 2.48 bits per heavy atom. The highest BCUT2D eigenvalue weighted by molar-refractivity contribution is 6.33. The smallest absolute Gasteiger partial charge is 0.372 e. The Morgan fingerprint density at radius 1 is 1.13 bits per heavy atom. The fourth-order valence-corrected chi connectivity index (χ4v) is 2.06. The first kappa shape index (κ1) is 16.3. The van der Waals surface area contributed by atoms with Crippen LogP contribution in [0.15, 0.2) is 42.6 Å². The number of carbonyl (C=O) groups excluding carboxylic acids is 1. The van der Waals surface area contributed by atoms with E-state index < -0.39 is 16.7 Å². The second-order valence-corrected chi connectivity index (χ2v) is 4.99. The van der Waals surface area contributed by atoms with E-state index in [0.717, 1.165) is 11.1 Å². The molecule has 118 valence electrons. The van der Waals surface area contributed by atoms with Gasteiger partial charge in [-0.15, -0.1) is 0 Å². The van der Waals surface area contributed by atoms with E-state index >= 15 is 0 Å². The zero-order valence-electron chi connectivity index (χ0n) is 12.1. The summed E-state index contributed by atoms with van der Waals surface area (Å²) in [6.07, 6.45) is 2.61. The van der Waals surface area contributed by atoms with Crippen molar-refractivity contribution in [3.8, 4) is 0 Å². The second-order valence-electron chi connectivity index (χ2n) is 4.99. The average Bonchev–Trinajstić information content (AvgIpc) is 2.54. The molecule has 0 aliphatic heterocycles. The minimum atomic E-state index is -1.47. The van der Waals surface area contributed by atoms with Gasteiger partial charge in [-0.3, -0.25) is 19.9 Å². The number of nitro benzene ring substituents is 1. The van der Waals surface area contributed by atoms with Gasteiger partial charge >= 0.3 is 5.97 Å². The van der Waals surface area contributed by atoms with Crippen molar-refractivity contribution >= 4 is 17.4 Å². The number of aliphatic carboxylic acids is 1. The van der Waals surface area contributed by atoms with Crippen molar-refractivity contribution in [1.29, 1.82) is 0 Å². The van der Waals surface area contributed by atoms with Crippen molar-refractivity contribution in [3.05, 3.63) is 69.5 Å². The number of carboxylic acids is 1. The molecule has 2 aromatic rings. The van der Waals surface area contributed by atoms with Gasteiger partial charge in [-0.1, -0.05) is 18.2 Å². The molecule has 0 unspecified atom stereocenters. The first-order valence-corrected chi connectivity index (χ1v) is 6.89. The average molecular weight is 314 g/mol. The van der Waals surface area contributed by atoms with Crippen LogP contribution in [0.5, 0.6) is 0 Å². The fraction of sp³-hybridized carbons (Fsp3) is 0.188. The number of carboxylic acid groups (broad SMARTS) is 1. The van der Waals surface area contributed by atoms with Crippen molar-refractivity contribution in [2.45, 2.75) is 19.3 Å². The number of pyridine rings is 1. The minimum Gasteiger partial charge on any atom is -0.475 e. The normalized spacial score (nSPS) is 10.3. The molecule has 0 saturated heterocycles. The summed E-state index contributed by atoms with van der Waals surface area (Å²) in [6, 6.07) is 9.83. The Hall–Kier alpha value is -3.09. The molecule has 23 heavy (non-hydrogen) atoms. The van der Waals surface area contributed by atoms with Crippen molar-refractivity contribution in [2.24, 2.45) is 0 Å². The number of hydrogen-bond donors (Lipinski definition) is 1. The van der Waals surface area contributed by atoms with Crippen LogP contribution < -0.4 is 0 Å². The summed E-state index contributed by atoms with van der Waals surface area (Å²) in [7, 11) is 0. The van der Waals surface area contributed by atoms with Crippen LogP contribution in [-0.2, 0) is 28.9 Å². The maximum absolute atomic E-state index is 11.1. The molecule has 0 bridgehead atoms. The third kappa shape index (κ3) is 4.70. The lowest BCUT2D eigenvalue weighted by Crippen LogP contribution is -2.15. The number of rotatable bonds is 7. The Bertz CT molecular complexity index is 740. The number of hydrogen-bond acceptors (Lipinski definition) is 5. The number of non-ortho nitro benzene ring substituents is 1. The number of nitrogens with zero attached hydrogens (tertiary/aromatic N) is 2. The molecule has 1 aromatic heterocycles. The predicted molar refractivity (Wildman–Crippen MR) is 81.1 cm³/mol. The van der Waals surface area contributed by atoms with Gasteiger partial charge < -0.3 is 5.11 Å². The third-order valence-corrected chi connectivity index (χ3v) is 3.29. The van der Waals surface area contributed by atoms with Gasteiger partial charge in [0.2, 0.25) is 5.78 Å². The number of carbonyl (C=O) groups is 2. The predicted octanol–water partition coefficient (Wildman–Crippen LogP) is 1.97. The summed E-state index contributed by atoms with van der Waals surface area (Å²) in [6.45, 7) is 0. The summed E-state index contributed by atoms with van der Waals surface area (Å²) in [5.74, 6) is -2.37. The number of benzene rings is 1. The molecule has 0 radical (unpaired) electrons. The quantitative estimate of drug-likeness (QED) is 0.475. The van der Waals surface area contributed by atoms with Crippen LogP contribution in [0.25, 0.3) is 0 Å². The van der Waals surface area contributed by atoms with E-state index in [1.54, 1.807) is 24.4 Å². The molecule has 1 heterocycles. The summed E-state index contributed by atoms with van der Waals surface area (Å²) in [4.78, 5) is 35.9. The van der Waals surface area contributed by atoms with E-state index in [2.05, 4.69) is 4.98 Å². The van der Waals surface area contributed by atoms with Crippen LogP contribution in [0, 0.1) is 10.1 Å².